The maximum absolute atomic E-state index is 13.0. The van der Waals surface area contributed by atoms with Crippen molar-refractivity contribution in [3.8, 4) is 0 Å². The van der Waals surface area contributed by atoms with Crippen molar-refractivity contribution in [2.75, 3.05) is 18.8 Å². The molecule has 2 rings (SSSR count). The molecule has 3 nitrogen and oxygen atoms in total. The van der Waals surface area contributed by atoms with Crippen LogP contribution in [0.2, 0.25) is 5.15 Å². The number of nitrogens with one attached hydrogen (secondary N) is 1. The predicted octanol–water partition coefficient (Wildman–Crippen LogP) is 1.92. The number of piperidine rings is 1. The molecule has 1 aliphatic rings. The van der Waals surface area contributed by atoms with Gasteiger partial charge in [0.1, 0.15) is 0 Å². The van der Waals surface area contributed by atoms with Gasteiger partial charge in [-0.25, -0.2) is 9.37 Å². The van der Waals surface area contributed by atoms with Crippen molar-refractivity contribution < 1.29 is 4.39 Å². The Balaban J connectivity index is 2.30. The van der Waals surface area contributed by atoms with Crippen LogP contribution < -0.4 is 11.1 Å². The second-order valence-corrected chi connectivity index (χ2v) is 4.12. The van der Waals surface area contributed by atoms with Gasteiger partial charge in [-0.15, -0.1) is 0 Å². The molecule has 1 aromatic rings. The largest absolute Gasteiger partial charge is 0.397 e. The molecule has 15 heavy (non-hydrogen) atoms. The SMILES string of the molecule is Nc1cc(F)c(Cl)nc1C1CCNCC1. The van der Waals surface area contributed by atoms with E-state index >= 15 is 0 Å². The summed E-state index contributed by atoms with van der Waals surface area (Å²) in [6, 6.07) is 1.26. The molecule has 0 atom stereocenters. The fourth-order valence-electron chi connectivity index (χ4n) is 1.92. The monoisotopic (exact) mass is 229 g/mol. The van der Waals surface area contributed by atoms with Crippen LogP contribution >= 0.6 is 11.6 Å². The number of rotatable bonds is 1. The van der Waals surface area contributed by atoms with Crippen molar-refractivity contribution in [3.63, 3.8) is 0 Å². The standard InChI is InChI=1S/C10H13ClFN3/c11-10-7(12)5-8(13)9(15-10)6-1-3-14-4-2-6/h5-6,14H,1-4,13H2. The number of nitrogens with two attached hydrogens (primary N) is 1. The first-order chi connectivity index (χ1) is 7.18. The molecule has 0 unspecified atom stereocenters. The molecule has 2 heterocycles. The van der Waals surface area contributed by atoms with E-state index in [1.54, 1.807) is 0 Å². The number of aromatic nitrogens is 1. The Labute approximate surface area is 92.8 Å². The third kappa shape index (κ3) is 2.21. The molecule has 0 spiro atoms. The van der Waals surface area contributed by atoms with E-state index in [4.69, 9.17) is 17.3 Å². The lowest BCUT2D eigenvalue weighted by Crippen LogP contribution is -2.27. The van der Waals surface area contributed by atoms with Gasteiger partial charge in [0, 0.05) is 12.0 Å². The Kier molecular flexibility index (Phi) is 3.07. The molecule has 5 heteroatoms. The Hall–Kier alpha value is -0.870. The fraction of sp³-hybridized carbons (Fsp3) is 0.500. The summed E-state index contributed by atoms with van der Waals surface area (Å²) in [6.45, 7) is 1.89. The van der Waals surface area contributed by atoms with E-state index in [0.717, 1.165) is 31.6 Å². The normalized spacial score (nSPS) is 18.0. The van der Waals surface area contributed by atoms with Crippen LogP contribution in [-0.2, 0) is 0 Å². The average molecular weight is 230 g/mol. The third-order valence-corrected chi connectivity index (χ3v) is 2.98. The Morgan fingerprint density at radius 1 is 1.47 bits per heavy atom. The number of hydrogen-bond donors (Lipinski definition) is 2. The zero-order valence-electron chi connectivity index (χ0n) is 8.26. The van der Waals surface area contributed by atoms with Gasteiger partial charge in [0.05, 0.1) is 11.4 Å². The number of nitrogen functional groups attached to an aromatic ring is 1. The lowest BCUT2D eigenvalue weighted by molar-refractivity contribution is 0.453. The van der Waals surface area contributed by atoms with Gasteiger partial charge < -0.3 is 11.1 Å². The Morgan fingerprint density at radius 3 is 2.80 bits per heavy atom. The summed E-state index contributed by atoms with van der Waals surface area (Å²) < 4.78 is 13.0. The molecular weight excluding hydrogens is 217 g/mol. The van der Waals surface area contributed by atoms with Gasteiger partial charge in [-0.05, 0) is 25.9 Å². The highest BCUT2D eigenvalue weighted by atomic mass is 35.5. The lowest BCUT2D eigenvalue weighted by atomic mass is 9.93. The number of nitrogens with zero attached hydrogens (tertiary/aromatic N) is 1. The second-order valence-electron chi connectivity index (χ2n) is 3.76. The summed E-state index contributed by atoms with van der Waals surface area (Å²) in [4.78, 5) is 4.03. The summed E-state index contributed by atoms with van der Waals surface area (Å²) in [5.74, 6) is -0.254. The fourth-order valence-corrected chi connectivity index (χ4v) is 2.06. The topological polar surface area (TPSA) is 50.9 Å². The van der Waals surface area contributed by atoms with Gasteiger partial charge >= 0.3 is 0 Å². The van der Waals surface area contributed by atoms with E-state index < -0.39 is 5.82 Å². The molecule has 0 saturated carbocycles. The number of pyridine rings is 1. The van der Waals surface area contributed by atoms with E-state index in [0.29, 0.717) is 11.6 Å². The van der Waals surface area contributed by atoms with Crippen molar-refractivity contribution in [3.05, 3.63) is 22.7 Å². The summed E-state index contributed by atoms with van der Waals surface area (Å²) >= 11 is 5.65. The Morgan fingerprint density at radius 2 is 2.13 bits per heavy atom. The molecule has 1 aliphatic heterocycles. The minimum absolute atomic E-state index is 0.0854. The molecule has 0 radical (unpaired) electrons. The van der Waals surface area contributed by atoms with Crippen LogP contribution in [0.1, 0.15) is 24.5 Å². The minimum Gasteiger partial charge on any atom is -0.397 e. The number of hydrogen-bond acceptors (Lipinski definition) is 3. The van der Waals surface area contributed by atoms with Crippen LogP contribution in [-0.4, -0.2) is 18.1 Å². The highest BCUT2D eigenvalue weighted by molar-refractivity contribution is 6.29. The van der Waals surface area contributed by atoms with E-state index in [1.165, 1.54) is 6.07 Å². The molecule has 0 aliphatic carbocycles. The van der Waals surface area contributed by atoms with Gasteiger partial charge in [0.15, 0.2) is 11.0 Å². The molecule has 0 bridgehead atoms. The summed E-state index contributed by atoms with van der Waals surface area (Å²) in [5.41, 5.74) is 6.88. The number of anilines is 1. The third-order valence-electron chi connectivity index (χ3n) is 2.72. The van der Waals surface area contributed by atoms with Crippen molar-refractivity contribution >= 4 is 17.3 Å². The van der Waals surface area contributed by atoms with Gasteiger partial charge in [-0.1, -0.05) is 11.6 Å². The zero-order chi connectivity index (χ0) is 10.8. The molecule has 1 aromatic heterocycles. The van der Waals surface area contributed by atoms with E-state index in [2.05, 4.69) is 10.3 Å². The highest BCUT2D eigenvalue weighted by Gasteiger charge is 2.20. The summed E-state index contributed by atoms with van der Waals surface area (Å²) in [6.07, 6.45) is 1.94. The van der Waals surface area contributed by atoms with E-state index in [-0.39, 0.29) is 5.15 Å². The highest BCUT2D eigenvalue weighted by Crippen LogP contribution is 2.30. The first-order valence-electron chi connectivity index (χ1n) is 5.00. The summed E-state index contributed by atoms with van der Waals surface area (Å²) in [5, 5.41) is 3.17. The first-order valence-corrected chi connectivity index (χ1v) is 5.38. The lowest BCUT2D eigenvalue weighted by Gasteiger charge is -2.23. The van der Waals surface area contributed by atoms with Crippen molar-refractivity contribution in [2.24, 2.45) is 0 Å². The quantitative estimate of drug-likeness (QED) is 0.724. The maximum Gasteiger partial charge on any atom is 0.165 e. The van der Waals surface area contributed by atoms with Crippen LogP contribution in [0.3, 0.4) is 0 Å². The number of halogens is 2. The van der Waals surface area contributed by atoms with Crippen molar-refractivity contribution in [1.29, 1.82) is 0 Å². The molecule has 82 valence electrons. The van der Waals surface area contributed by atoms with Gasteiger partial charge in [-0.2, -0.15) is 0 Å². The molecule has 3 N–H and O–H groups in total. The summed E-state index contributed by atoms with van der Waals surface area (Å²) in [7, 11) is 0. The first kappa shape index (κ1) is 10.6. The van der Waals surface area contributed by atoms with Gasteiger partial charge in [0.2, 0.25) is 0 Å². The zero-order valence-corrected chi connectivity index (χ0v) is 9.02. The van der Waals surface area contributed by atoms with Crippen LogP contribution in [0.25, 0.3) is 0 Å². The van der Waals surface area contributed by atoms with Crippen LogP contribution in [0.5, 0.6) is 0 Å². The molecular formula is C10H13ClFN3. The Bertz CT molecular complexity index is 364. The van der Waals surface area contributed by atoms with Crippen LogP contribution in [0.15, 0.2) is 6.07 Å². The van der Waals surface area contributed by atoms with Gasteiger partial charge in [0.25, 0.3) is 0 Å². The van der Waals surface area contributed by atoms with E-state index in [1.807, 2.05) is 0 Å². The maximum atomic E-state index is 13.0. The smallest absolute Gasteiger partial charge is 0.165 e. The molecule has 0 amide bonds. The second kappa shape index (κ2) is 4.33. The van der Waals surface area contributed by atoms with Gasteiger partial charge in [-0.3, -0.25) is 0 Å². The van der Waals surface area contributed by atoms with Crippen LogP contribution in [0.4, 0.5) is 10.1 Å². The molecule has 0 aromatic carbocycles. The molecule has 1 fully saturated rings. The van der Waals surface area contributed by atoms with Crippen LogP contribution in [0, 0.1) is 5.82 Å². The predicted molar refractivity (Wildman–Crippen MR) is 58.5 cm³/mol. The van der Waals surface area contributed by atoms with Crippen molar-refractivity contribution in [1.82, 2.24) is 10.3 Å². The molecule has 1 saturated heterocycles. The van der Waals surface area contributed by atoms with E-state index in [9.17, 15) is 4.39 Å². The van der Waals surface area contributed by atoms with Crippen molar-refractivity contribution in [2.45, 2.75) is 18.8 Å². The average Bonchev–Trinajstić information content (AvgIpc) is 2.25. The minimum atomic E-state index is -0.549.